The second-order valence-electron chi connectivity index (χ2n) is 5.52. The smallest absolute Gasteiger partial charge is 0.146 e. The molecule has 2 nitrogen and oxygen atoms in total. The largest absolute Gasteiger partial charge is 0.381 e. The molecule has 0 aliphatic carbocycles. The van der Waals surface area contributed by atoms with Crippen LogP contribution in [0.2, 0.25) is 0 Å². The molecule has 110 valence electrons. The van der Waals surface area contributed by atoms with E-state index in [1.807, 2.05) is 6.07 Å². The summed E-state index contributed by atoms with van der Waals surface area (Å²) >= 11 is 0. The summed E-state index contributed by atoms with van der Waals surface area (Å²) in [6, 6.07) is 15.5. The Balaban J connectivity index is 1.50. The van der Waals surface area contributed by atoms with Crippen molar-refractivity contribution in [1.29, 1.82) is 0 Å². The van der Waals surface area contributed by atoms with Gasteiger partial charge in [-0.05, 0) is 36.1 Å². The van der Waals surface area contributed by atoms with Gasteiger partial charge in [-0.1, -0.05) is 36.4 Å². The minimum absolute atomic E-state index is 0.180. The third kappa shape index (κ3) is 3.61. The maximum absolute atomic E-state index is 13.5. The molecule has 3 rings (SSSR count). The standard InChI is InChI=1S/C18H21FN2/c19-17-7-3-4-8-18(17)20-11-14-21-12-9-15-5-1-2-6-16(15)10-13-21/h1-8,20H,9-14H2. The Morgan fingerprint density at radius 2 is 1.52 bits per heavy atom. The second kappa shape index (κ2) is 6.72. The third-order valence-electron chi connectivity index (χ3n) is 4.13. The highest BCUT2D eigenvalue weighted by Gasteiger charge is 2.13. The first-order chi connectivity index (χ1) is 10.3. The van der Waals surface area contributed by atoms with Crippen LogP contribution in [-0.4, -0.2) is 31.1 Å². The normalized spacial score (nSPS) is 15.3. The molecule has 2 aromatic carbocycles. The van der Waals surface area contributed by atoms with Gasteiger partial charge in [-0.25, -0.2) is 4.39 Å². The molecule has 0 bridgehead atoms. The summed E-state index contributed by atoms with van der Waals surface area (Å²) in [5, 5.41) is 3.19. The highest BCUT2D eigenvalue weighted by molar-refractivity contribution is 5.44. The number of nitrogens with one attached hydrogen (secondary N) is 1. The van der Waals surface area contributed by atoms with E-state index in [9.17, 15) is 4.39 Å². The molecule has 0 amide bonds. The van der Waals surface area contributed by atoms with Gasteiger partial charge in [0.25, 0.3) is 0 Å². The maximum Gasteiger partial charge on any atom is 0.146 e. The number of nitrogens with zero attached hydrogens (tertiary/aromatic N) is 1. The van der Waals surface area contributed by atoms with Crippen LogP contribution in [0.1, 0.15) is 11.1 Å². The quantitative estimate of drug-likeness (QED) is 0.926. The molecule has 0 unspecified atom stereocenters. The zero-order valence-electron chi connectivity index (χ0n) is 12.2. The van der Waals surface area contributed by atoms with Gasteiger partial charge in [-0.3, -0.25) is 0 Å². The molecular weight excluding hydrogens is 263 g/mol. The minimum Gasteiger partial charge on any atom is -0.381 e. The van der Waals surface area contributed by atoms with Gasteiger partial charge in [-0.2, -0.15) is 0 Å². The molecule has 1 heterocycles. The summed E-state index contributed by atoms with van der Waals surface area (Å²) < 4.78 is 13.5. The lowest BCUT2D eigenvalue weighted by atomic mass is 10.0. The predicted octanol–water partition coefficient (Wildman–Crippen LogP) is 3.34. The van der Waals surface area contributed by atoms with E-state index in [-0.39, 0.29) is 5.82 Å². The fourth-order valence-electron chi connectivity index (χ4n) is 2.89. The summed E-state index contributed by atoms with van der Waals surface area (Å²) in [5.74, 6) is -0.180. The van der Waals surface area contributed by atoms with Gasteiger partial charge in [0.05, 0.1) is 5.69 Å². The van der Waals surface area contributed by atoms with Crippen molar-refractivity contribution in [3.05, 3.63) is 65.5 Å². The number of hydrogen-bond donors (Lipinski definition) is 1. The molecule has 1 aliphatic heterocycles. The van der Waals surface area contributed by atoms with Crippen molar-refractivity contribution in [2.45, 2.75) is 12.8 Å². The van der Waals surface area contributed by atoms with E-state index in [0.717, 1.165) is 39.0 Å². The lowest BCUT2D eigenvalue weighted by Crippen LogP contribution is -2.31. The van der Waals surface area contributed by atoms with Crippen molar-refractivity contribution in [2.24, 2.45) is 0 Å². The first-order valence-corrected chi connectivity index (χ1v) is 7.60. The van der Waals surface area contributed by atoms with Crippen LogP contribution >= 0.6 is 0 Å². The summed E-state index contributed by atoms with van der Waals surface area (Å²) in [6.07, 6.45) is 2.21. The van der Waals surface area contributed by atoms with Gasteiger partial charge >= 0.3 is 0 Å². The molecule has 2 aromatic rings. The number of fused-ring (bicyclic) bond motifs is 1. The van der Waals surface area contributed by atoms with Crippen LogP contribution in [0.5, 0.6) is 0 Å². The summed E-state index contributed by atoms with van der Waals surface area (Å²) in [5.41, 5.74) is 3.54. The molecule has 0 saturated heterocycles. The first-order valence-electron chi connectivity index (χ1n) is 7.60. The molecular formula is C18H21FN2. The van der Waals surface area contributed by atoms with Crippen molar-refractivity contribution in [2.75, 3.05) is 31.5 Å². The fourth-order valence-corrected chi connectivity index (χ4v) is 2.89. The van der Waals surface area contributed by atoms with E-state index in [1.54, 1.807) is 12.1 Å². The summed E-state index contributed by atoms with van der Waals surface area (Å²) in [7, 11) is 0. The highest BCUT2D eigenvalue weighted by Crippen LogP contribution is 2.16. The molecule has 0 spiro atoms. The van der Waals surface area contributed by atoms with Gasteiger partial charge in [0.15, 0.2) is 0 Å². The van der Waals surface area contributed by atoms with Gasteiger partial charge in [0.2, 0.25) is 0 Å². The lowest BCUT2D eigenvalue weighted by molar-refractivity contribution is 0.298. The SMILES string of the molecule is Fc1ccccc1NCCN1CCc2ccccc2CC1. The van der Waals surface area contributed by atoms with Crippen molar-refractivity contribution < 1.29 is 4.39 Å². The molecule has 21 heavy (non-hydrogen) atoms. The number of para-hydroxylation sites is 1. The van der Waals surface area contributed by atoms with E-state index >= 15 is 0 Å². The molecule has 0 atom stereocenters. The number of halogens is 1. The van der Waals surface area contributed by atoms with E-state index in [4.69, 9.17) is 0 Å². The number of benzene rings is 2. The molecule has 0 radical (unpaired) electrons. The van der Waals surface area contributed by atoms with Gasteiger partial charge in [-0.15, -0.1) is 0 Å². The molecule has 0 fully saturated rings. The Morgan fingerprint density at radius 1 is 0.905 bits per heavy atom. The maximum atomic E-state index is 13.5. The molecule has 3 heteroatoms. The number of anilines is 1. The van der Waals surface area contributed by atoms with E-state index < -0.39 is 0 Å². The fraction of sp³-hybridized carbons (Fsp3) is 0.333. The Morgan fingerprint density at radius 3 is 2.19 bits per heavy atom. The van der Waals surface area contributed by atoms with Gasteiger partial charge < -0.3 is 10.2 Å². The zero-order valence-corrected chi connectivity index (χ0v) is 12.2. The summed E-state index contributed by atoms with van der Waals surface area (Å²) in [6.45, 7) is 3.88. The van der Waals surface area contributed by atoms with Gasteiger partial charge in [0.1, 0.15) is 5.82 Å². The number of rotatable bonds is 4. The van der Waals surface area contributed by atoms with Crippen LogP contribution in [0, 0.1) is 5.82 Å². The number of hydrogen-bond acceptors (Lipinski definition) is 2. The monoisotopic (exact) mass is 284 g/mol. The van der Waals surface area contributed by atoms with Crippen molar-refractivity contribution in [1.82, 2.24) is 4.90 Å². The first kappa shape index (κ1) is 14.1. The molecule has 0 aromatic heterocycles. The third-order valence-corrected chi connectivity index (χ3v) is 4.13. The van der Waals surface area contributed by atoms with Crippen LogP contribution in [0.4, 0.5) is 10.1 Å². The molecule has 1 N–H and O–H groups in total. The van der Waals surface area contributed by atoms with Gasteiger partial charge in [0, 0.05) is 26.2 Å². The summed E-state index contributed by atoms with van der Waals surface area (Å²) in [4.78, 5) is 2.45. The Hall–Kier alpha value is -1.87. The highest BCUT2D eigenvalue weighted by atomic mass is 19.1. The zero-order chi connectivity index (χ0) is 14.5. The molecule has 0 saturated carbocycles. The van der Waals surface area contributed by atoms with E-state index in [1.165, 1.54) is 17.2 Å². The predicted molar refractivity (Wildman–Crippen MR) is 85.2 cm³/mol. The average molecular weight is 284 g/mol. The Bertz CT molecular complexity index is 570. The van der Waals surface area contributed by atoms with Crippen LogP contribution in [0.15, 0.2) is 48.5 Å². The average Bonchev–Trinajstić information content (AvgIpc) is 2.72. The van der Waals surface area contributed by atoms with Crippen molar-refractivity contribution >= 4 is 5.69 Å². The van der Waals surface area contributed by atoms with Crippen molar-refractivity contribution in [3.8, 4) is 0 Å². The second-order valence-corrected chi connectivity index (χ2v) is 5.52. The Kier molecular flexibility index (Phi) is 4.51. The van der Waals surface area contributed by atoms with Crippen LogP contribution in [0.3, 0.4) is 0 Å². The van der Waals surface area contributed by atoms with Crippen LogP contribution in [0.25, 0.3) is 0 Å². The minimum atomic E-state index is -0.180. The Labute approximate surface area is 125 Å². The topological polar surface area (TPSA) is 15.3 Å². The van der Waals surface area contributed by atoms with Crippen molar-refractivity contribution in [3.63, 3.8) is 0 Å². The lowest BCUT2D eigenvalue weighted by Gasteiger charge is -2.20. The van der Waals surface area contributed by atoms with Crippen LogP contribution in [-0.2, 0) is 12.8 Å². The van der Waals surface area contributed by atoms with E-state index in [0.29, 0.717) is 5.69 Å². The van der Waals surface area contributed by atoms with Crippen LogP contribution < -0.4 is 5.32 Å². The molecule has 1 aliphatic rings. The van der Waals surface area contributed by atoms with E-state index in [2.05, 4.69) is 34.5 Å².